The van der Waals surface area contributed by atoms with Crippen LogP contribution in [0.5, 0.6) is 0 Å². The highest BCUT2D eigenvalue weighted by Gasteiger charge is 2.07. The fraction of sp³-hybridized carbons (Fsp3) is 0.0833. The van der Waals surface area contributed by atoms with Crippen molar-refractivity contribution in [2.75, 3.05) is 5.32 Å². The average molecular weight is 245 g/mol. The zero-order valence-corrected chi connectivity index (χ0v) is 9.38. The van der Waals surface area contributed by atoms with Crippen LogP contribution in [-0.2, 0) is 6.61 Å². The normalized spacial score (nSPS) is 10.1. The molecule has 1 heterocycles. The van der Waals surface area contributed by atoms with Gasteiger partial charge in [-0.2, -0.15) is 5.10 Å². The third-order valence-electron chi connectivity index (χ3n) is 2.31. The molecule has 2 aromatic rings. The number of nitrogens with one attached hydrogen (secondary N) is 2. The maximum atomic E-state index is 11.7. The van der Waals surface area contributed by atoms with Gasteiger partial charge in [0.05, 0.1) is 6.61 Å². The fourth-order valence-corrected chi connectivity index (χ4v) is 1.36. The second-order valence-electron chi connectivity index (χ2n) is 3.62. The van der Waals surface area contributed by atoms with E-state index in [1.54, 1.807) is 24.3 Å². The van der Waals surface area contributed by atoms with Crippen molar-refractivity contribution in [3.05, 3.63) is 58.0 Å². The molecule has 6 heteroatoms. The van der Waals surface area contributed by atoms with Gasteiger partial charge in [-0.15, -0.1) is 0 Å². The number of H-pyrrole nitrogens is 1. The molecule has 0 unspecified atom stereocenters. The van der Waals surface area contributed by atoms with Gasteiger partial charge in [0.25, 0.3) is 11.5 Å². The van der Waals surface area contributed by atoms with Crippen LogP contribution < -0.4 is 10.9 Å². The van der Waals surface area contributed by atoms with Crippen molar-refractivity contribution in [3.63, 3.8) is 0 Å². The molecule has 0 aliphatic rings. The number of benzene rings is 1. The molecular weight excluding hydrogens is 234 g/mol. The molecule has 0 aliphatic heterocycles. The summed E-state index contributed by atoms with van der Waals surface area (Å²) in [6, 6.07) is 9.34. The van der Waals surface area contributed by atoms with Crippen LogP contribution in [0.2, 0.25) is 0 Å². The second kappa shape index (κ2) is 5.24. The smallest absolute Gasteiger partial charge is 0.276 e. The Balaban J connectivity index is 2.10. The molecule has 0 bridgehead atoms. The SMILES string of the molecule is O=C(Nc1ccc(CO)cc1)c1ccc(=O)[nH]n1. The van der Waals surface area contributed by atoms with E-state index in [1.807, 2.05) is 0 Å². The third kappa shape index (κ3) is 2.80. The van der Waals surface area contributed by atoms with Crippen LogP contribution in [0.1, 0.15) is 16.1 Å². The molecule has 1 amide bonds. The maximum Gasteiger partial charge on any atom is 0.276 e. The number of aromatic nitrogens is 2. The molecule has 1 aromatic heterocycles. The average Bonchev–Trinajstić information content (AvgIpc) is 2.40. The molecule has 0 atom stereocenters. The molecule has 6 nitrogen and oxygen atoms in total. The lowest BCUT2D eigenvalue weighted by Crippen LogP contribution is -2.17. The third-order valence-corrected chi connectivity index (χ3v) is 2.31. The van der Waals surface area contributed by atoms with E-state index in [0.717, 1.165) is 5.56 Å². The number of hydrogen-bond acceptors (Lipinski definition) is 4. The van der Waals surface area contributed by atoms with Crippen molar-refractivity contribution in [1.82, 2.24) is 10.2 Å². The van der Waals surface area contributed by atoms with E-state index in [0.29, 0.717) is 5.69 Å². The van der Waals surface area contributed by atoms with E-state index in [9.17, 15) is 9.59 Å². The number of amides is 1. The monoisotopic (exact) mass is 245 g/mol. The van der Waals surface area contributed by atoms with Crippen LogP contribution in [0.25, 0.3) is 0 Å². The molecule has 92 valence electrons. The Morgan fingerprint density at radius 3 is 2.50 bits per heavy atom. The van der Waals surface area contributed by atoms with Gasteiger partial charge in [-0.3, -0.25) is 9.59 Å². The molecule has 0 aliphatic carbocycles. The van der Waals surface area contributed by atoms with E-state index in [2.05, 4.69) is 15.5 Å². The standard InChI is InChI=1S/C12H11N3O3/c16-7-8-1-3-9(4-2-8)13-12(18)10-5-6-11(17)15-14-10/h1-6,16H,7H2,(H,13,18)(H,15,17). The van der Waals surface area contributed by atoms with Gasteiger partial charge in [0, 0.05) is 11.8 Å². The van der Waals surface area contributed by atoms with E-state index in [1.165, 1.54) is 12.1 Å². The molecule has 1 aromatic carbocycles. The summed E-state index contributed by atoms with van der Waals surface area (Å²) in [7, 11) is 0. The van der Waals surface area contributed by atoms with Crippen LogP contribution >= 0.6 is 0 Å². The molecule has 3 N–H and O–H groups in total. The zero-order valence-electron chi connectivity index (χ0n) is 9.38. The minimum Gasteiger partial charge on any atom is -0.392 e. The van der Waals surface area contributed by atoms with Crippen molar-refractivity contribution < 1.29 is 9.90 Å². The van der Waals surface area contributed by atoms with Crippen LogP contribution in [0.15, 0.2) is 41.2 Å². The Hall–Kier alpha value is -2.47. The number of carbonyl (C=O) groups excluding carboxylic acids is 1. The van der Waals surface area contributed by atoms with Gasteiger partial charge in [0.1, 0.15) is 5.69 Å². The number of hydrogen-bond donors (Lipinski definition) is 3. The van der Waals surface area contributed by atoms with E-state index in [4.69, 9.17) is 5.11 Å². The molecule has 0 radical (unpaired) electrons. The summed E-state index contributed by atoms with van der Waals surface area (Å²) in [6.07, 6.45) is 0. The van der Waals surface area contributed by atoms with Crippen molar-refractivity contribution in [2.24, 2.45) is 0 Å². The van der Waals surface area contributed by atoms with Gasteiger partial charge in [0.2, 0.25) is 0 Å². The summed E-state index contributed by atoms with van der Waals surface area (Å²) in [5.74, 6) is -0.414. The second-order valence-corrected chi connectivity index (χ2v) is 3.62. The van der Waals surface area contributed by atoms with Gasteiger partial charge in [-0.1, -0.05) is 12.1 Å². The van der Waals surface area contributed by atoms with Crippen molar-refractivity contribution in [3.8, 4) is 0 Å². The van der Waals surface area contributed by atoms with Gasteiger partial charge in [-0.25, -0.2) is 5.10 Å². The Labute approximate surface area is 102 Å². The first-order valence-corrected chi connectivity index (χ1v) is 5.26. The quantitative estimate of drug-likeness (QED) is 0.734. The van der Waals surface area contributed by atoms with Crippen LogP contribution in [0, 0.1) is 0 Å². The molecule has 18 heavy (non-hydrogen) atoms. The van der Waals surface area contributed by atoms with E-state index in [-0.39, 0.29) is 17.9 Å². The molecule has 0 saturated carbocycles. The van der Waals surface area contributed by atoms with Crippen molar-refractivity contribution in [1.29, 1.82) is 0 Å². The van der Waals surface area contributed by atoms with Gasteiger partial charge in [0.15, 0.2) is 0 Å². The van der Waals surface area contributed by atoms with Crippen molar-refractivity contribution in [2.45, 2.75) is 6.61 Å². The molecule has 2 rings (SSSR count). The Morgan fingerprint density at radius 2 is 1.94 bits per heavy atom. The van der Waals surface area contributed by atoms with Crippen LogP contribution in [0.3, 0.4) is 0 Å². The largest absolute Gasteiger partial charge is 0.392 e. The number of nitrogens with zero attached hydrogens (tertiary/aromatic N) is 1. The minimum absolute atomic E-state index is 0.0459. The molecule has 0 fully saturated rings. The fourth-order valence-electron chi connectivity index (χ4n) is 1.36. The Kier molecular flexibility index (Phi) is 3.49. The number of aliphatic hydroxyl groups excluding tert-OH is 1. The predicted molar refractivity (Wildman–Crippen MR) is 65.2 cm³/mol. The minimum atomic E-state index is -0.414. The number of rotatable bonds is 3. The van der Waals surface area contributed by atoms with Gasteiger partial charge < -0.3 is 10.4 Å². The number of carbonyl (C=O) groups is 1. The lowest BCUT2D eigenvalue weighted by Gasteiger charge is -2.04. The summed E-state index contributed by atoms with van der Waals surface area (Å²) in [4.78, 5) is 22.5. The first kappa shape index (κ1) is 12.0. The first-order chi connectivity index (χ1) is 8.69. The van der Waals surface area contributed by atoms with Gasteiger partial charge >= 0.3 is 0 Å². The summed E-state index contributed by atoms with van der Waals surface area (Å²) in [5.41, 5.74) is 1.11. The Bertz CT molecular complexity index is 584. The first-order valence-electron chi connectivity index (χ1n) is 5.26. The lowest BCUT2D eigenvalue weighted by molar-refractivity contribution is 0.102. The molecular formula is C12H11N3O3. The number of aliphatic hydroxyl groups is 1. The predicted octanol–water partition coefficient (Wildman–Crippen LogP) is 0.514. The zero-order chi connectivity index (χ0) is 13.0. The lowest BCUT2D eigenvalue weighted by atomic mass is 10.2. The number of aromatic amines is 1. The maximum absolute atomic E-state index is 11.7. The van der Waals surface area contributed by atoms with E-state index < -0.39 is 5.91 Å². The Morgan fingerprint density at radius 1 is 1.22 bits per heavy atom. The highest BCUT2D eigenvalue weighted by atomic mass is 16.3. The van der Waals surface area contributed by atoms with Crippen molar-refractivity contribution >= 4 is 11.6 Å². The molecule has 0 saturated heterocycles. The molecule has 0 spiro atoms. The summed E-state index contributed by atoms with van der Waals surface area (Å²) in [6.45, 7) is -0.0459. The summed E-state index contributed by atoms with van der Waals surface area (Å²) < 4.78 is 0. The van der Waals surface area contributed by atoms with Gasteiger partial charge in [-0.05, 0) is 23.8 Å². The topological polar surface area (TPSA) is 95.1 Å². The van der Waals surface area contributed by atoms with Crippen LogP contribution in [-0.4, -0.2) is 21.2 Å². The summed E-state index contributed by atoms with van der Waals surface area (Å²) >= 11 is 0. The summed E-state index contributed by atoms with van der Waals surface area (Å²) in [5, 5.41) is 17.3. The number of anilines is 1. The van der Waals surface area contributed by atoms with Crippen LogP contribution in [0.4, 0.5) is 5.69 Å². The highest BCUT2D eigenvalue weighted by Crippen LogP contribution is 2.10. The van der Waals surface area contributed by atoms with E-state index >= 15 is 0 Å². The highest BCUT2D eigenvalue weighted by molar-refractivity contribution is 6.02.